The average molecular weight is 249 g/mol. The normalized spacial score (nSPS) is 11.9. The maximum absolute atomic E-state index is 12.0. The number of benzene rings is 1. The third kappa shape index (κ3) is 3.58. The Morgan fingerprint density at radius 2 is 2.00 bits per heavy atom. The fraction of sp³-hybridized carbons (Fsp3) is 0.429. The first-order valence-corrected chi connectivity index (χ1v) is 6.06. The molecule has 4 nitrogen and oxygen atoms in total. The molecule has 0 aliphatic carbocycles. The van der Waals surface area contributed by atoms with Gasteiger partial charge in [-0.3, -0.25) is 4.79 Å². The van der Waals surface area contributed by atoms with Gasteiger partial charge in [0.1, 0.15) is 6.04 Å². The predicted molar refractivity (Wildman–Crippen MR) is 69.7 cm³/mol. The van der Waals surface area contributed by atoms with Crippen molar-refractivity contribution in [1.29, 1.82) is 0 Å². The molecule has 4 heteroatoms. The second-order valence-corrected chi connectivity index (χ2v) is 4.47. The number of carboxylic acid groups (broad SMARTS) is 1. The fourth-order valence-electron chi connectivity index (χ4n) is 1.85. The van der Waals surface area contributed by atoms with Gasteiger partial charge in [0.2, 0.25) is 0 Å². The smallest absolute Gasteiger partial charge is 0.326 e. The number of carbonyl (C=O) groups is 2. The summed E-state index contributed by atoms with van der Waals surface area (Å²) in [6.45, 7) is 5.68. The maximum atomic E-state index is 12.0. The molecule has 0 aromatic heterocycles. The quantitative estimate of drug-likeness (QED) is 0.841. The molecule has 0 bridgehead atoms. The van der Waals surface area contributed by atoms with Gasteiger partial charge in [0.05, 0.1) is 0 Å². The third-order valence-corrected chi connectivity index (χ3v) is 2.81. The first-order chi connectivity index (χ1) is 8.45. The molecule has 0 fully saturated rings. The number of hydrogen-bond acceptors (Lipinski definition) is 2. The average Bonchev–Trinajstić information content (AvgIpc) is 2.27. The van der Waals surface area contributed by atoms with E-state index in [4.69, 9.17) is 5.11 Å². The lowest BCUT2D eigenvalue weighted by molar-refractivity contribution is -0.139. The number of aryl methyl sites for hydroxylation is 2. The van der Waals surface area contributed by atoms with Crippen LogP contribution in [0.25, 0.3) is 0 Å². The Hall–Kier alpha value is -1.84. The van der Waals surface area contributed by atoms with Crippen molar-refractivity contribution in [3.05, 3.63) is 34.9 Å². The Morgan fingerprint density at radius 3 is 2.50 bits per heavy atom. The van der Waals surface area contributed by atoms with E-state index in [2.05, 4.69) is 5.32 Å². The molecule has 98 valence electrons. The van der Waals surface area contributed by atoms with E-state index in [-0.39, 0.29) is 5.91 Å². The van der Waals surface area contributed by atoms with Crippen molar-refractivity contribution in [1.82, 2.24) is 5.32 Å². The maximum Gasteiger partial charge on any atom is 0.326 e. The van der Waals surface area contributed by atoms with Gasteiger partial charge in [-0.15, -0.1) is 0 Å². The van der Waals surface area contributed by atoms with Crippen molar-refractivity contribution in [2.75, 3.05) is 0 Å². The fourth-order valence-corrected chi connectivity index (χ4v) is 1.85. The summed E-state index contributed by atoms with van der Waals surface area (Å²) in [5.41, 5.74) is 2.46. The number of hydrogen-bond donors (Lipinski definition) is 2. The Bertz CT molecular complexity index is 454. The molecule has 0 heterocycles. The van der Waals surface area contributed by atoms with Crippen molar-refractivity contribution >= 4 is 11.9 Å². The molecule has 0 saturated heterocycles. The van der Waals surface area contributed by atoms with E-state index in [0.29, 0.717) is 18.4 Å². The monoisotopic (exact) mass is 249 g/mol. The Labute approximate surface area is 107 Å². The van der Waals surface area contributed by atoms with Gasteiger partial charge in [0.25, 0.3) is 5.91 Å². The first-order valence-electron chi connectivity index (χ1n) is 6.06. The molecular weight excluding hydrogens is 230 g/mol. The van der Waals surface area contributed by atoms with Gasteiger partial charge in [0.15, 0.2) is 0 Å². The summed E-state index contributed by atoms with van der Waals surface area (Å²) < 4.78 is 0. The van der Waals surface area contributed by atoms with Gasteiger partial charge < -0.3 is 10.4 Å². The second kappa shape index (κ2) is 6.19. The number of amides is 1. The van der Waals surface area contributed by atoms with Gasteiger partial charge in [-0.2, -0.15) is 0 Å². The highest BCUT2D eigenvalue weighted by Crippen LogP contribution is 2.11. The van der Waals surface area contributed by atoms with E-state index in [9.17, 15) is 9.59 Å². The van der Waals surface area contributed by atoms with Crippen molar-refractivity contribution in [2.45, 2.75) is 39.7 Å². The summed E-state index contributed by atoms with van der Waals surface area (Å²) in [6, 6.07) is 4.66. The lowest BCUT2D eigenvalue weighted by Gasteiger charge is -2.14. The summed E-state index contributed by atoms with van der Waals surface area (Å²) >= 11 is 0. The summed E-state index contributed by atoms with van der Waals surface area (Å²) in [5.74, 6) is -1.32. The van der Waals surface area contributed by atoms with Crippen LogP contribution < -0.4 is 5.32 Å². The zero-order valence-corrected chi connectivity index (χ0v) is 11.0. The van der Waals surface area contributed by atoms with Gasteiger partial charge in [0, 0.05) is 5.56 Å². The highest BCUT2D eigenvalue weighted by atomic mass is 16.4. The first kappa shape index (κ1) is 14.2. The van der Waals surface area contributed by atoms with E-state index >= 15 is 0 Å². The van der Waals surface area contributed by atoms with E-state index in [0.717, 1.165) is 11.1 Å². The number of rotatable bonds is 5. The van der Waals surface area contributed by atoms with E-state index in [1.54, 1.807) is 6.07 Å². The highest BCUT2D eigenvalue weighted by Gasteiger charge is 2.20. The van der Waals surface area contributed by atoms with E-state index < -0.39 is 12.0 Å². The van der Waals surface area contributed by atoms with Crippen LogP contribution in [0.5, 0.6) is 0 Å². The van der Waals surface area contributed by atoms with Gasteiger partial charge >= 0.3 is 5.97 Å². The zero-order valence-electron chi connectivity index (χ0n) is 11.0. The Kier molecular flexibility index (Phi) is 4.89. The van der Waals surface area contributed by atoms with Crippen LogP contribution in [-0.4, -0.2) is 23.0 Å². The van der Waals surface area contributed by atoms with Crippen LogP contribution in [0.15, 0.2) is 18.2 Å². The van der Waals surface area contributed by atoms with Crippen LogP contribution in [0.4, 0.5) is 0 Å². The minimum atomic E-state index is -0.991. The Balaban J connectivity index is 2.83. The molecular formula is C14H19NO3. The Morgan fingerprint density at radius 1 is 1.33 bits per heavy atom. The molecule has 18 heavy (non-hydrogen) atoms. The van der Waals surface area contributed by atoms with Crippen LogP contribution in [0.1, 0.15) is 41.3 Å². The predicted octanol–water partition coefficient (Wildman–Crippen LogP) is 2.29. The highest BCUT2D eigenvalue weighted by molar-refractivity contribution is 5.97. The summed E-state index contributed by atoms with van der Waals surface area (Å²) in [4.78, 5) is 23.0. The van der Waals surface area contributed by atoms with Crippen LogP contribution in [0, 0.1) is 13.8 Å². The molecule has 1 rings (SSSR count). The molecule has 1 amide bonds. The van der Waals surface area contributed by atoms with Crippen LogP contribution in [0.2, 0.25) is 0 Å². The molecule has 0 saturated carbocycles. The third-order valence-electron chi connectivity index (χ3n) is 2.81. The van der Waals surface area contributed by atoms with Gasteiger partial charge in [-0.05, 0) is 31.9 Å². The molecule has 1 atom stereocenters. The second-order valence-electron chi connectivity index (χ2n) is 4.47. The minimum absolute atomic E-state index is 0.326. The molecule has 1 aromatic carbocycles. The van der Waals surface area contributed by atoms with Crippen molar-refractivity contribution in [3.8, 4) is 0 Å². The topological polar surface area (TPSA) is 66.4 Å². The van der Waals surface area contributed by atoms with Gasteiger partial charge in [-0.25, -0.2) is 4.79 Å². The van der Waals surface area contributed by atoms with Gasteiger partial charge in [-0.1, -0.05) is 31.0 Å². The van der Waals surface area contributed by atoms with E-state index in [1.807, 2.05) is 32.9 Å². The molecule has 0 aliphatic rings. The largest absolute Gasteiger partial charge is 0.480 e. The summed E-state index contributed by atoms with van der Waals surface area (Å²) in [7, 11) is 0. The van der Waals surface area contributed by atoms with Crippen molar-refractivity contribution in [3.63, 3.8) is 0 Å². The number of aliphatic carboxylic acids is 1. The lowest BCUT2D eigenvalue weighted by Crippen LogP contribution is -2.40. The lowest BCUT2D eigenvalue weighted by atomic mass is 10.0. The minimum Gasteiger partial charge on any atom is -0.480 e. The standard InChI is InChI=1S/C14H19NO3/c1-4-5-12(14(17)18)15-13(16)11-7-6-9(2)8-10(11)3/h6-8,12H,4-5H2,1-3H3,(H,15,16)(H,17,18). The van der Waals surface area contributed by atoms with Crippen LogP contribution >= 0.6 is 0 Å². The zero-order chi connectivity index (χ0) is 13.7. The van der Waals surface area contributed by atoms with Crippen LogP contribution in [-0.2, 0) is 4.79 Å². The molecule has 1 aromatic rings. The molecule has 0 spiro atoms. The molecule has 2 N–H and O–H groups in total. The SMILES string of the molecule is CCCC(NC(=O)c1ccc(C)cc1C)C(=O)O. The van der Waals surface area contributed by atoms with Crippen molar-refractivity contribution in [2.24, 2.45) is 0 Å². The van der Waals surface area contributed by atoms with E-state index in [1.165, 1.54) is 0 Å². The molecule has 1 unspecified atom stereocenters. The number of carbonyl (C=O) groups excluding carboxylic acids is 1. The number of carboxylic acids is 1. The van der Waals surface area contributed by atoms with Crippen molar-refractivity contribution < 1.29 is 14.7 Å². The van der Waals surface area contributed by atoms with Crippen LogP contribution in [0.3, 0.4) is 0 Å². The molecule has 0 radical (unpaired) electrons. The molecule has 0 aliphatic heterocycles. The summed E-state index contributed by atoms with van der Waals surface area (Å²) in [5, 5.41) is 11.6. The summed E-state index contributed by atoms with van der Waals surface area (Å²) in [6.07, 6.45) is 1.15. The number of nitrogens with one attached hydrogen (secondary N) is 1.